The summed E-state index contributed by atoms with van der Waals surface area (Å²) < 4.78 is 0. The van der Waals surface area contributed by atoms with Gasteiger partial charge in [0.05, 0.1) is 0 Å². The third-order valence-electron chi connectivity index (χ3n) is 0. The van der Waals surface area contributed by atoms with Crippen LogP contribution in [0.5, 0.6) is 0 Å². The minimum Gasteiger partial charge on any atom is -0.0149 e. The molecule has 0 aromatic heterocycles. The van der Waals surface area contributed by atoms with Crippen molar-refractivity contribution in [3.8, 4) is 0 Å². The SMILES string of the molecule is [Nb].[Ni].[SiH4].[Zr]. The standard InChI is InChI=1S/Nb.Ni.H4Si.Zr/h;;1H4;. The Morgan fingerprint density at radius 3 is 1.00 bits per heavy atom. The average molecular weight is 275 g/mol. The van der Waals surface area contributed by atoms with Gasteiger partial charge in [0.15, 0.2) is 0 Å². The third kappa shape index (κ3) is 8.84. The molecule has 0 saturated heterocycles. The van der Waals surface area contributed by atoms with Gasteiger partial charge in [-0.3, -0.25) is 0 Å². The zero-order valence-corrected chi connectivity index (χ0v) is 6.91. The van der Waals surface area contributed by atoms with Crippen LogP contribution in [0, 0.1) is 0 Å². The molecule has 27 valence electrons. The van der Waals surface area contributed by atoms with E-state index in [4.69, 9.17) is 0 Å². The van der Waals surface area contributed by atoms with Gasteiger partial charge in [-0.1, -0.05) is 0 Å². The van der Waals surface area contributed by atoms with E-state index in [1.165, 1.54) is 0 Å². The molecule has 0 unspecified atom stereocenters. The minimum absolute atomic E-state index is 0. The summed E-state index contributed by atoms with van der Waals surface area (Å²) in [5, 5.41) is 0. The van der Waals surface area contributed by atoms with Crippen LogP contribution in [-0.2, 0) is 65.1 Å². The Morgan fingerprint density at radius 2 is 1.00 bits per heavy atom. The summed E-state index contributed by atoms with van der Waals surface area (Å²) in [6.45, 7) is 0. The van der Waals surface area contributed by atoms with Gasteiger partial charge >= 0.3 is 0 Å². The number of hydrogen-bond donors (Lipinski definition) is 0. The Kier molecular flexibility index (Phi) is 152. The maximum absolute atomic E-state index is 0. The first kappa shape index (κ1) is 33.1. The van der Waals surface area contributed by atoms with Crippen LogP contribution in [0.15, 0.2) is 0 Å². The van der Waals surface area contributed by atoms with E-state index in [9.17, 15) is 0 Å². The monoisotopic (exact) mass is 273 g/mol. The van der Waals surface area contributed by atoms with E-state index in [1.54, 1.807) is 0 Å². The van der Waals surface area contributed by atoms with Crippen LogP contribution in [0.4, 0.5) is 0 Å². The van der Waals surface area contributed by atoms with Crippen molar-refractivity contribution in [3.05, 3.63) is 0 Å². The molecule has 0 bridgehead atoms. The quantitative estimate of drug-likeness (QED) is 0.474. The fraction of sp³-hybridized carbons (Fsp3) is 0. The molecule has 0 aromatic carbocycles. The maximum atomic E-state index is 0. The van der Waals surface area contributed by atoms with Crippen molar-refractivity contribution in [2.75, 3.05) is 0 Å². The van der Waals surface area contributed by atoms with Gasteiger partial charge in [-0.25, -0.2) is 0 Å². The van der Waals surface area contributed by atoms with Crippen LogP contribution in [-0.4, -0.2) is 11.0 Å². The molecule has 0 aromatic rings. The molecule has 0 amide bonds. The van der Waals surface area contributed by atoms with E-state index in [2.05, 4.69) is 0 Å². The summed E-state index contributed by atoms with van der Waals surface area (Å²) >= 11 is 0. The molecule has 4 heteroatoms. The summed E-state index contributed by atoms with van der Waals surface area (Å²) in [6, 6.07) is 0. The van der Waals surface area contributed by atoms with Gasteiger partial charge in [-0.05, 0) is 11.0 Å². The van der Waals surface area contributed by atoms with E-state index in [-0.39, 0.29) is 76.0 Å². The van der Waals surface area contributed by atoms with Gasteiger partial charge in [-0.15, -0.1) is 0 Å². The van der Waals surface area contributed by atoms with Gasteiger partial charge in [0.2, 0.25) is 0 Å². The average Bonchev–Trinajstić information content (AvgIpc) is 0. The van der Waals surface area contributed by atoms with Gasteiger partial charge in [0.25, 0.3) is 0 Å². The molecular weight excluding hydrogens is 271 g/mol. The second-order valence-electron chi connectivity index (χ2n) is 0. The first-order valence-corrected chi connectivity index (χ1v) is 0. The first-order valence-electron chi connectivity index (χ1n) is 0. The normalized spacial score (nSPS) is 0. The zero-order valence-electron chi connectivity index (χ0n) is 1.26. The molecular formula is H4NbNiSiZr. The van der Waals surface area contributed by atoms with Gasteiger partial charge in [0.1, 0.15) is 0 Å². The van der Waals surface area contributed by atoms with Gasteiger partial charge < -0.3 is 0 Å². The maximum Gasteiger partial charge on any atom is 0 e. The number of hydrogen-bond acceptors (Lipinski definition) is 0. The minimum atomic E-state index is 0. The van der Waals surface area contributed by atoms with Crippen molar-refractivity contribution in [2.45, 2.75) is 0 Å². The summed E-state index contributed by atoms with van der Waals surface area (Å²) in [6.07, 6.45) is 0. The van der Waals surface area contributed by atoms with Crippen LogP contribution >= 0.6 is 0 Å². The first-order chi connectivity index (χ1) is 0. The molecule has 0 atom stereocenters. The summed E-state index contributed by atoms with van der Waals surface area (Å²) in [4.78, 5) is 0. The van der Waals surface area contributed by atoms with E-state index in [0.717, 1.165) is 0 Å². The molecule has 0 fully saturated rings. The Morgan fingerprint density at radius 1 is 1.00 bits per heavy atom. The summed E-state index contributed by atoms with van der Waals surface area (Å²) in [7, 11) is 0. The molecule has 0 aliphatic rings. The van der Waals surface area contributed by atoms with Gasteiger partial charge in [-0.2, -0.15) is 0 Å². The van der Waals surface area contributed by atoms with Crippen LogP contribution in [0.3, 0.4) is 0 Å². The zero-order chi connectivity index (χ0) is 0. The molecule has 4 heavy (non-hydrogen) atoms. The molecule has 0 N–H and O–H groups in total. The molecule has 1 radical (unpaired) electrons. The fourth-order valence-electron chi connectivity index (χ4n) is 0. The van der Waals surface area contributed by atoms with Crippen molar-refractivity contribution in [1.29, 1.82) is 0 Å². The predicted molar refractivity (Wildman–Crippen MR) is 11.3 cm³/mol. The summed E-state index contributed by atoms with van der Waals surface area (Å²) in [5.74, 6) is 0. The Labute approximate surface area is 75.1 Å². The second-order valence-corrected chi connectivity index (χ2v) is 0. The fourth-order valence-corrected chi connectivity index (χ4v) is 0. The van der Waals surface area contributed by atoms with Crippen molar-refractivity contribution in [1.82, 2.24) is 0 Å². The topological polar surface area (TPSA) is 0 Å². The van der Waals surface area contributed by atoms with Crippen molar-refractivity contribution < 1.29 is 65.1 Å². The molecule has 0 aliphatic carbocycles. The summed E-state index contributed by atoms with van der Waals surface area (Å²) in [5.41, 5.74) is 0. The van der Waals surface area contributed by atoms with Crippen LogP contribution < -0.4 is 0 Å². The van der Waals surface area contributed by atoms with E-state index < -0.39 is 0 Å². The van der Waals surface area contributed by atoms with E-state index in [0.29, 0.717) is 0 Å². The number of rotatable bonds is 0. The molecule has 0 nitrogen and oxygen atoms in total. The van der Waals surface area contributed by atoms with E-state index >= 15 is 0 Å². The molecule has 0 spiro atoms. The molecule has 0 aliphatic heterocycles. The predicted octanol–water partition coefficient (Wildman–Crippen LogP) is -1.46. The van der Waals surface area contributed by atoms with Crippen molar-refractivity contribution >= 4 is 11.0 Å². The molecule has 0 saturated carbocycles. The third-order valence-corrected chi connectivity index (χ3v) is 0. The largest absolute Gasteiger partial charge is 0.0149 e. The Hall–Kier alpha value is 2.33. The smallest absolute Gasteiger partial charge is 0 e. The Bertz CT molecular complexity index is 8.00. The van der Waals surface area contributed by atoms with Crippen LogP contribution in [0.1, 0.15) is 0 Å². The molecule has 0 heterocycles. The van der Waals surface area contributed by atoms with Crippen LogP contribution in [0.25, 0.3) is 0 Å². The second kappa shape index (κ2) is 18.4. The van der Waals surface area contributed by atoms with E-state index in [1.807, 2.05) is 0 Å². The van der Waals surface area contributed by atoms with Crippen molar-refractivity contribution in [2.24, 2.45) is 0 Å². The molecule has 0 rings (SSSR count). The Balaban J connectivity index is 0. The van der Waals surface area contributed by atoms with Gasteiger partial charge in [0, 0.05) is 65.1 Å². The van der Waals surface area contributed by atoms with Crippen molar-refractivity contribution in [3.63, 3.8) is 0 Å². The van der Waals surface area contributed by atoms with Crippen LogP contribution in [0.2, 0.25) is 0 Å².